The molecule has 1 aromatic heterocycles. The Morgan fingerprint density at radius 1 is 1.24 bits per heavy atom. The van der Waals surface area contributed by atoms with Crippen LogP contribution in [-0.4, -0.2) is 55.3 Å². The van der Waals surface area contributed by atoms with Crippen molar-refractivity contribution in [2.75, 3.05) is 27.2 Å². The minimum atomic E-state index is -3.69. The normalized spacial score (nSPS) is 17.1. The molecule has 2 aromatic rings. The predicted octanol–water partition coefficient (Wildman–Crippen LogP) is 0.620. The second-order valence-electron chi connectivity index (χ2n) is 6.47. The van der Waals surface area contributed by atoms with Crippen molar-refractivity contribution in [3.05, 3.63) is 28.7 Å². The van der Waals surface area contributed by atoms with Crippen molar-refractivity contribution in [3.63, 3.8) is 0 Å². The number of piperidine rings is 1. The van der Waals surface area contributed by atoms with Crippen LogP contribution in [0.2, 0.25) is 0 Å². The maximum Gasteiger partial charge on any atom is 0.419 e. The third-order valence-corrected chi connectivity index (χ3v) is 6.54. The summed E-state index contributed by atoms with van der Waals surface area (Å²) in [6.07, 6.45) is 0.998. The first-order chi connectivity index (χ1) is 11.7. The molecule has 1 amide bonds. The largest absolute Gasteiger partial charge is 0.419 e. The van der Waals surface area contributed by atoms with Gasteiger partial charge in [-0.05, 0) is 25.0 Å². The quantitative estimate of drug-likeness (QED) is 0.793. The van der Waals surface area contributed by atoms with Crippen LogP contribution in [0.15, 0.2) is 32.3 Å². The highest BCUT2D eigenvalue weighted by molar-refractivity contribution is 7.89. The third-order valence-electron chi connectivity index (χ3n) is 4.65. The fourth-order valence-electron chi connectivity index (χ4n) is 3.13. The van der Waals surface area contributed by atoms with Crippen molar-refractivity contribution in [2.45, 2.75) is 17.7 Å². The smallest absolute Gasteiger partial charge is 0.408 e. The van der Waals surface area contributed by atoms with Crippen molar-refractivity contribution in [3.8, 4) is 0 Å². The number of benzene rings is 1. The first-order valence-corrected chi connectivity index (χ1v) is 9.46. The molecule has 1 aromatic carbocycles. The number of amides is 1. The van der Waals surface area contributed by atoms with Crippen molar-refractivity contribution < 1.29 is 17.6 Å². The molecule has 8 nitrogen and oxygen atoms in total. The van der Waals surface area contributed by atoms with Crippen molar-refractivity contribution in [1.82, 2.24) is 13.8 Å². The summed E-state index contributed by atoms with van der Waals surface area (Å²) in [6.45, 7) is 0.590. The standard InChI is InChI=1S/C16H21N3O5S/c1-17(2)15(20)11-6-8-19(9-7-11)25(22,23)12-4-5-13-14(10-12)24-16(21)18(13)3/h4-5,10-11H,6-9H2,1-3H3. The molecule has 0 spiro atoms. The van der Waals surface area contributed by atoms with Crippen LogP contribution < -0.4 is 5.76 Å². The molecule has 1 aliphatic rings. The lowest BCUT2D eigenvalue weighted by Crippen LogP contribution is -2.42. The first kappa shape index (κ1) is 17.7. The number of aromatic nitrogens is 1. The zero-order valence-corrected chi connectivity index (χ0v) is 15.2. The van der Waals surface area contributed by atoms with Gasteiger partial charge < -0.3 is 9.32 Å². The Bertz CT molecular complexity index is 965. The van der Waals surface area contributed by atoms with E-state index >= 15 is 0 Å². The molecule has 3 rings (SSSR count). The number of fused-ring (bicyclic) bond motifs is 1. The van der Waals surface area contributed by atoms with Crippen LogP contribution in [0.3, 0.4) is 0 Å². The van der Waals surface area contributed by atoms with Crippen molar-refractivity contribution in [2.24, 2.45) is 13.0 Å². The number of nitrogens with zero attached hydrogens (tertiary/aromatic N) is 3. The fourth-order valence-corrected chi connectivity index (χ4v) is 4.62. The Kier molecular flexibility index (Phi) is 4.46. The summed E-state index contributed by atoms with van der Waals surface area (Å²) < 4.78 is 33.5. The zero-order valence-electron chi connectivity index (χ0n) is 14.4. The van der Waals surface area contributed by atoms with Gasteiger partial charge in [0, 0.05) is 46.2 Å². The number of hydrogen-bond donors (Lipinski definition) is 0. The van der Waals surface area contributed by atoms with Crippen LogP contribution in [0.4, 0.5) is 0 Å². The Morgan fingerprint density at radius 2 is 1.88 bits per heavy atom. The SMILES string of the molecule is CN(C)C(=O)C1CCN(S(=O)(=O)c2ccc3c(c2)oc(=O)n3C)CC1. The van der Waals surface area contributed by atoms with E-state index in [0.717, 1.165) is 0 Å². The van der Waals surface area contributed by atoms with Crippen molar-refractivity contribution in [1.29, 1.82) is 0 Å². The first-order valence-electron chi connectivity index (χ1n) is 8.02. The van der Waals surface area contributed by atoms with Gasteiger partial charge >= 0.3 is 5.76 Å². The number of sulfonamides is 1. The molecular weight excluding hydrogens is 346 g/mol. The third kappa shape index (κ3) is 3.09. The Hall–Kier alpha value is -2.13. The molecule has 0 unspecified atom stereocenters. The molecule has 0 atom stereocenters. The van der Waals surface area contributed by atoms with Crippen LogP contribution in [0.1, 0.15) is 12.8 Å². The van der Waals surface area contributed by atoms with Gasteiger partial charge in [0.05, 0.1) is 10.4 Å². The van der Waals surface area contributed by atoms with E-state index in [2.05, 4.69) is 0 Å². The highest BCUT2D eigenvalue weighted by Gasteiger charge is 2.32. The van der Waals surface area contributed by atoms with E-state index in [1.165, 1.54) is 21.0 Å². The lowest BCUT2D eigenvalue weighted by molar-refractivity contribution is -0.134. The van der Waals surface area contributed by atoms with Gasteiger partial charge in [0.15, 0.2) is 5.58 Å². The van der Waals surface area contributed by atoms with Crippen LogP contribution in [0.5, 0.6) is 0 Å². The summed E-state index contributed by atoms with van der Waals surface area (Å²) in [4.78, 5) is 25.2. The predicted molar refractivity (Wildman–Crippen MR) is 91.6 cm³/mol. The summed E-state index contributed by atoms with van der Waals surface area (Å²) in [5.74, 6) is -0.645. The molecule has 0 radical (unpaired) electrons. The van der Waals surface area contributed by atoms with Crippen molar-refractivity contribution >= 4 is 27.0 Å². The molecule has 0 N–H and O–H groups in total. The Labute approximate surface area is 145 Å². The number of aryl methyl sites for hydroxylation is 1. The molecule has 0 bridgehead atoms. The van der Waals surface area contributed by atoms with E-state index in [4.69, 9.17) is 4.42 Å². The highest BCUT2D eigenvalue weighted by Crippen LogP contribution is 2.26. The van der Waals surface area contributed by atoms with E-state index in [1.807, 2.05) is 0 Å². The second kappa shape index (κ2) is 6.30. The van der Waals surface area contributed by atoms with E-state index in [9.17, 15) is 18.0 Å². The summed E-state index contributed by atoms with van der Waals surface area (Å²) in [5, 5.41) is 0. The van der Waals surface area contributed by atoms with Gasteiger partial charge in [-0.25, -0.2) is 13.2 Å². The minimum absolute atomic E-state index is 0.0320. The second-order valence-corrected chi connectivity index (χ2v) is 8.41. The summed E-state index contributed by atoms with van der Waals surface area (Å²) in [5.41, 5.74) is 0.783. The van der Waals surface area contributed by atoms with Crippen LogP contribution >= 0.6 is 0 Å². The monoisotopic (exact) mass is 367 g/mol. The molecule has 2 heterocycles. The van der Waals surface area contributed by atoms with Gasteiger partial charge in [0.1, 0.15) is 0 Å². The number of hydrogen-bond acceptors (Lipinski definition) is 5. The molecule has 9 heteroatoms. The Balaban J connectivity index is 1.83. The molecule has 1 saturated heterocycles. The van der Waals surface area contributed by atoms with Gasteiger partial charge in [-0.3, -0.25) is 9.36 Å². The van der Waals surface area contributed by atoms with Crippen LogP contribution in [0.25, 0.3) is 11.1 Å². The topological polar surface area (TPSA) is 92.8 Å². The van der Waals surface area contributed by atoms with Gasteiger partial charge in [-0.1, -0.05) is 0 Å². The van der Waals surface area contributed by atoms with E-state index in [-0.39, 0.29) is 22.3 Å². The van der Waals surface area contributed by atoms with E-state index in [0.29, 0.717) is 31.4 Å². The zero-order chi connectivity index (χ0) is 18.4. The minimum Gasteiger partial charge on any atom is -0.408 e. The molecular formula is C16H21N3O5S. The molecule has 25 heavy (non-hydrogen) atoms. The average Bonchev–Trinajstić information content (AvgIpc) is 2.88. The summed E-state index contributed by atoms with van der Waals surface area (Å²) >= 11 is 0. The lowest BCUT2D eigenvalue weighted by atomic mass is 9.97. The molecule has 0 saturated carbocycles. The van der Waals surface area contributed by atoms with Gasteiger partial charge in [-0.2, -0.15) is 4.31 Å². The molecule has 0 aliphatic carbocycles. The maximum atomic E-state index is 12.8. The number of carbonyl (C=O) groups is 1. The highest BCUT2D eigenvalue weighted by atomic mass is 32.2. The summed E-state index contributed by atoms with van der Waals surface area (Å²) in [7, 11) is 1.28. The maximum absolute atomic E-state index is 12.8. The lowest BCUT2D eigenvalue weighted by Gasteiger charge is -2.31. The molecule has 136 valence electrons. The Morgan fingerprint density at radius 3 is 2.48 bits per heavy atom. The molecule has 1 fully saturated rings. The average molecular weight is 367 g/mol. The number of rotatable bonds is 3. The summed E-state index contributed by atoms with van der Waals surface area (Å²) in [6, 6.07) is 4.42. The van der Waals surface area contributed by atoms with Gasteiger partial charge in [-0.15, -0.1) is 0 Å². The van der Waals surface area contributed by atoms with Gasteiger partial charge in [0.25, 0.3) is 0 Å². The van der Waals surface area contributed by atoms with Gasteiger partial charge in [0.2, 0.25) is 15.9 Å². The fraction of sp³-hybridized carbons (Fsp3) is 0.500. The van der Waals surface area contributed by atoms with Crippen LogP contribution in [-0.2, 0) is 21.9 Å². The van der Waals surface area contributed by atoms with E-state index < -0.39 is 15.8 Å². The van der Waals surface area contributed by atoms with Crippen LogP contribution in [0, 0.1) is 5.92 Å². The van der Waals surface area contributed by atoms with E-state index in [1.54, 1.807) is 32.1 Å². The molecule has 1 aliphatic heterocycles. The number of carbonyl (C=O) groups excluding carboxylic acids is 1. The number of oxazole rings is 1.